The van der Waals surface area contributed by atoms with Crippen LogP contribution in [0.1, 0.15) is 35.3 Å². The third-order valence-corrected chi connectivity index (χ3v) is 5.57. The number of ether oxygens (including phenoxy) is 1. The Morgan fingerprint density at radius 2 is 1.89 bits per heavy atom. The van der Waals surface area contributed by atoms with Crippen LogP contribution in [0, 0.1) is 0 Å². The van der Waals surface area contributed by atoms with Crippen molar-refractivity contribution in [1.82, 2.24) is 4.72 Å². The van der Waals surface area contributed by atoms with Gasteiger partial charge >= 0.3 is 5.97 Å². The first-order valence-corrected chi connectivity index (χ1v) is 10.0. The van der Waals surface area contributed by atoms with E-state index in [1.807, 2.05) is 30.3 Å². The molecule has 146 valence electrons. The molecule has 2 rings (SSSR count). The smallest absolute Gasteiger partial charge is 0.335 e. The van der Waals surface area contributed by atoms with Gasteiger partial charge in [-0.1, -0.05) is 30.3 Å². The van der Waals surface area contributed by atoms with E-state index in [4.69, 9.17) is 4.74 Å². The standard InChI is InChI=1S/C19H24N2O5S/c1-14(15-7-4-3-5-8-15)21-27(24,25)18-13-16(19(22)23)9-10-17(18)20-11-6-12-26-2/h3-5,7-10,13-14,20-21H,6,11-12H2,1-2H3,(H,22,23). The largest absolute Gasteiger partial charge is 0.478 e. The monoisotopic (exact) mass is 392 g/mol. The number of carboxylic acid groups (broad SMARTS) is 1. The minimum absolute atomic E-state index is 0.0924. The lowest BCUT2D eigenvalue weighted by atomic mass is 10.1. The summed E-state index contributed by atoms with van der Waals surface area (Å²) in [6, 6.07) is 12.7. The Hall–Kier alpha value is -2.42. The molecule has 0 saturated carbocycles. The minimum Gasteiger partial charge on any atom is -0.478 e. The van der Waals surface area contributed by atoms with Gasteiger partial charge in [0.2, 0.25) is 10.0 Å². The third-order valence-electron chi connectivity index (χ3n) is 3.99. The normalized spacial score (nSPS) is 12.5. The number of rotatable bonds is 10. The zero-order chi connectivity index (χ0) is 19.9. The highest BCUT2D eigenvalue weighted by molar-refractivity contribution is 7.89. The molecule has 0 aliphatic carbocycles. The maximum absolute atomic E-state index is 12.9. The fraction of sp³-hybridized carbons (Fsp3) is 0.316. The average molecular weight is 392 g/mol. The number of hydrogen-bond acceptors (Lipinski definition) is 5. The number of sulfonamides is 1. The average Bonchev–Trinajstić information content (AvgIpc) is 2.65. The lowest BCUT2D eigenvalue weighted by molar-refractivity contribution is 0.0696. The van der Waals surface area contributed by atoms with Gasteiger partial charge in [0.05, 0.1) is 11.3 Å². The Labute approximate surface area is 159 Å². The number of methoxy groups -OCH3 is 1. The molecule has 0 amide bonds. The van der Waals surface area contributed by atoms with Crippen molar-refractivity contribution in [3.8, 4) is 0 Å². The van der Waals surface area contributed by atoms with Crippen molar-refractivity contribution < 1.29 is 23.1 Å². The topological polar surface area (TPSA) is 105 Å². The van der Waals surface area contributed by atoms with Crippen molar-refractivity contribution in [2.24, 2.45) is 0 Å². The predicted octanol–water partition coefficient (Wildman–Crippen LogP) is 2.87. The molecule has 0 fully saturated rings. The zero-order valence-corrected chi connectivity index (χ0v) is 16.1. The molecule has 1 atom stereocenters. The Balaban J connectivity index is 2.31. The van der Waals surface area contributed by atoms with Crippen LogP contribution in [-0.2, 0) is 14.8 Å². The molecule has 0 aliphatic rings. The van der Waals surface area contributed by atoms with Gasteiger partial charge in [-0.15, -0.1) is 0 Å². The van der Waals surface area contributed by atoms with Crippen LogP contribution < -0.4 is 10.0 Å². The quantitative estimate of drug-likeness (QED) is 0.537. The molecule has 0 bridgehead atoms. The maximum atomic E-state index is 12.9. The molecule has 27 heavy (non-hydrogen) atoms. The molecule has 0 spiro atoms. The van der Waals surface area contributed by atoms with Crippen LogP contribution >= 0.6 is 0 Å². The van der Waals surface area contributed by atoms with E-state index < -0.39 is 22.0 Å². The Morgan fingerprint density at radius 1 is 1.19 bits per heavy atom. The molecular formula is C19H24N2O5S. The van der Waals surface area contributed by atoms with Crippen molar-refractivity contribution in [2.75, 3.05) is 25.6 Å². The molecule has 0 aromatic heterocycles. The van der Waals surface area contributed by atoms with Gasteiger partial charge in [-0.2, -0.15) is 0 Å². The molecule has 0 heterocycles. The fourth-order valence-electron chi connectivity index (χ4n) is 2.57. The molecule has 2 aromatic rings. The van der Waals surface area contributed by atoms with Gasteiger partial charge < -0.3 is 15.2 Å². The van der Waals surface area contributed by atoms with E-state index in [0.717, 1.165) is 5.56 Å². The van der Waals surface area contributed by atoms with E-state index in [9.17, 15) is 18.3 Å². The fourth-order valence-corrected chi connectivity index (χ4v) is 4.01. The van der Waals surface area contributed by atoms with Crippen LogP contribution in [0.2, 0.25) is 0 Å². The van der Waals surface area contributed by atoms with Crippen LogP contribution in [0.3, 0.4) is 0 Å². The highest BCUT2D eigenvalue weighted by Crippen LogP contribution is 2.25. The van der Waals surface area contributed by atoms with Crippen molar-refractivity contribution in [2.45, 2.75) is 24.3 Å². The van der Waals surface area contributed by atoms with E-state index in [0.29, 0.717) is 25.3 Å². The first kappa shape index (κ1) is 20.9. The van der Waals surface area contributed by atoms with Gasteiger partial charge in [0.1, 0.15) is 4.90 Å². The van der Waals surface area contributed by atoms with Gasteiger partial charge in [-0.25, -0.2) is 17.9 Å². The summed E-state index contributed by atoms with van der Waals surface area (Å²) in [5.74, 6) is -1.19. The first-order valence-electron chi connectivity index (χ1n) is 8.52. The highest BCUT2D eigenvalue weighted by atomic mass is 32.2. The van der Waals surface area contributed by atoms with E-state index in [1.165, 1.54) is 18.2 Å². The van der Waals surface area contributed by atoms with Gasteiger partial charge in [0, 0.05) is 26.3 Å². The lowest BCUT2D eigenvalue weighted by Gasteiger charge is -2.18. The molecule has 2 aromatic carbocycles. The number of benzene rings is 2. The molecule has 0 radical (unpaired) electrons. The molecule has 3 N–H and O–H groups in total. The van der Waals surface area contributed by atoms with E-state index in [-0.39, 0.29) is 10.5 Å². The number of aromatic carboxylic acids is 1. The Kier molecular flexibility index (Phi) is 7.35. The number of carbonyl (C=O) groups is 1. The van der Waals surface area contributed by atoms with Gasteiger partial charge in [-0.3, -0.25) is 0 Å². The van der Waals surface area contributed by atoms with E-state index in [1.54, 1.807) is 14.0 Å². The second kappa shape index (κ2) is 9.50. The summed E-state index contributed by atoms with van der Waals surface area (Å²) in [5, 5.41) is 12.3. The Bertz CT molecular complexity index is 869. The van der Waals surface area contributed by atoms with Crippen molar-refractivity contribution >= 4 is 21.7 Å². The second-order valence-electron chi connectivity index (χ2n) is 6.04. The molecule has 7 nitrogen and oxygen atoms in total. The molecular weight excluding hydrogens is 368 g/mol. The van der Waals surface area contributed by atoms with Gasteiger partial charge in [0.25, 0.3) is 0 Å². The van der Waals surface area contributed by atoms with Crippen molar-refractivity contribution in [3.63, 3.8) is 0 Å². The van der Waals surface area contributed by atoms with Crippen LogP contribution in [0.25, 0.3) is 0 Å². The predicted molar refractivity (Wildman–Crippen MR) is 104 cm³/mol. The van der Waals surface area contributed by atoms with E-state index >= 15 is 0 Å². The summed E-state index contributed by atoms with van der Waals surface area (Å²) in [5.41, 5.74) is 1.07. The Morgan fingerprint density at radius 3 is 2.52 bits per heavy atom. The van der Waals surface area contributed by atoms with Crippen LogP contribution in [-0.4, -0.2) is 39.8 Å². The third kappa shape index (κ3) is 5.78. The molecule has 0 aliphatic heterocycles. The number of carboxylic acids is 1. The van der Waals surface area contributed by atoms with Crippen LogP contribution in [0.4, 0.5) is 5.69 Å². The first-order chi connectivity index (χ1) is 12.8. The SMILES string of the molecule is COCCCNc1ccc(C(=O)O)cc1S(=O)(=O)NC(C)c1ccccc1. The lowest BCUT2D eigenvalue weighted by Crippen LogP contribution is -2.28. The number of hydrogen-bond donors (Lipinski definition) is 3. The molecule has 1 unspecified atom stereocenters. The molecule has 0 saturated heterocycles. The molecule has 8 heteroatoms. The maximum Gasteiger partial charge on any atom is 0.335 e. The summed E-state index contributed by atoms with van der Waals surface area (Å²) < 4.78 is 33.5. The summed E-state index contributed by atoms with van der Waals surface area (Å²) in [6.07, 6.45) is 0.685. The summed E-state index contributed by atoms with van der Waals surface area (Å²) in [4.78, 5) is 11.2. The summed E-state index contributed by atoms with van der Waals surface area (Å²) in [6.45, 7) is 2.77. The summed E-state index contributed by atoms with van der Waals surface area (Å²) >= 11 is 0. The van der Waals surface area contributed by atoms with Gasteiger partial charge in [0.15, 0.2) is 0 Å². The summed E-state index contributed by atoms with van der Waals surface area (Å²) in [7, 11) is -2.35. The minimum atomic E-state index is -3.94. The van der Waals surface area contributed by atoms with Crippen molar-refractivity contribution in [3.05, 3.63) is 59.7 Å². The van der Waals surface area contributed by atoms with Crippen molar-refractivity contribution in [1.29, 1.82) is 0 Å². The van der Waals surface area contributed by atoms with Crippen LogP contribution in [0.15, 0.2) is 53.4 Å². The van der Waals surface area contributed by atoms with E-state index in [2.05, 4.69) is 10.0 Å². The second-order valence-corrected chi connectivity index (χ2v) is 7.73. The number of nitrogens with one attached hydrogen (secondary N) is 2. The highest BCUT2D eigenvalue weighted by Gasteiger charge is 2.23. The van der Waals surface area contributed by atoms with Crippen LogP contribution in [0.5, 0.6) is 0 Å². The zero-order valence-electron chi connectivity index (χ0n) is 15.3. The number of anilines is 1. The van der Waals surface area contributed by atoms with Gasteiger partial charge in [-0.05, 0) is 37.1 Å².